The monoisotopic (exact) mass is 494 g/mol. The molecule has 2 aromatic heterocycles. The first kappa shape index (κ1) is 24.7. The lowest BCUT2D eigenvalue weighted by Gasteiger charge is -2.22. The summed E-state index contributed by atoms with van der Waals surface area (Å²) in [4.78, 5) is 40.4. The van der Waals surface area contributed by atoms with Crippen LogP contribution in [0.4, 0.5) is 33.9 Å². The Hall–Kier alpha value is -4.42. The molecule has 1 aromatic carbocycles. The third-order valence-electron chi connectivity index (χ3n) is 5.58. The number of carbonyl (C=O) groups is 2. The van der Waals surface area contributed by atoms with E-state index in [4.69, 9.17) is 10.5 Å². The second kappa shape index (κ2) is 11.3. The summed E-state index contributed by atoms with van der Waals surface area (Å²) >= 11 is 0. The number of carbonyl (C=O) groups excluding carboxylic acids is 2. The van der Waals surface area contributed by atoms with Crippen LogP contribution < -0.4 is 21.3 Å². The predicted molar refractivity (Wildman–Crippen MR) is 135 cm³/mol. The van der Waals surface area contributed by atoms with Gasteiger partial charge in [0.15, 0.2) is 5.82 Å². The van der Waals surface area contributed by atoms with Crippen LogP contribution in [0.25, 0.3) is 5.82 Å². The van der Waals surface area contributed by atoms with E-state index in [1.807, 2.05) is 11.8 Å². The average Bonchev–Trinajstić information content (AvgIpc) is 3.07. The molecule has 3 aromatic rings. The van der Waals surface area contributed by atoms with Crippen LogP contribution in [0, 0.1) is 0 Å². The van der Waals surface area contributed by atoms with Crippen LogP contribution in [0.1, 0.15) is 26.7 Å². The highest BCUT2D eigenvalue weighted by atomic mass is 16.5. The summed E-state index contributed by atoms with van der Waals surface area (Å²) in [6.45, 7) is 6.72. The number of nitrogen functional groups attached to an aromatic ring is 1. The van der Waals surface area contributed by atoms with Crippen molar-refractivity contribution in [1.82, 2.24) is 29.6 Å². The summed E-state index contributed by atoms with van der Waals surface area (Å²) in [7, 11) is 0. The molecule has 13 heteroatoms. The third-order valence-corrected chi connectivity index (χ3v) is 5.58. The molecule has 190 valence electrons. The molecule has 36 heavy (non-hydrogen) atoms. The van der Waals surface area contributed by atoms with Crippen LogP contribution >= 0.6 is 0 Å². The number of hydrogen-bond acceptors (Lipinski definition) is 10. The largest absolute Gasteiger partial charge is 0.449 e. The molecule has 0 aliphatic carbocycles. The molecule has 1 saturated heterocycles. The van der Waals surface area contributed by atoms with Crippen LogP contribution in [0.3, 0.4) is 0 Å². The Morgan fingerprint density at radius 1 is 1.06 bits per heavy atom. The lowest BCUT2D eigenvalue weighted by Crippen LogP contribution is -2.33. The molecule has 0 radical (unpaired) electrons. The number of nitrogens with two attached hydrogens (primary N) is 1. The summed E-state index contributed by atoms with van der Waals surface area (Å²) in [6.07, 6.45) is 2.58. The van der Waals surface area contributed by atoms with E-state index in [0.717, 1.165) is 31.7 Å². The van der Waals surface area contributed by atoms with Crippen molar-refractivity contribution in [2.24, 2.45) is 0 Å². The first-order valence-electron chi connectivity index (χ1n) is 11.8. The standard InChI is InChI=1S/C23H30N10O3/c1-3-13-36-23(35)28-18-7-5-17(6-8-18)27-22-29-21(24)33(30-22)20-14-19(25-15-26-20)32-10-4-9-31(11-12-32)16(2)34/h5-8,14-15H,3-4,9-13H2,1-2H3,(H,28,35)(H3,24,27,29,30). The zero-order valence-electron chi connectivity index (χ0n) is 20.3. The summed E-state index contributed by atoms with van der Waals surface area (Å²) in [5.41, 5.74) is 7.44. The van der Waals surface area contributed by atoms with Gasteiger partial charge in [0.1, 0.15) is 12.1 Å². The van der Waals surface area contributed by atoms with Gasteiger partial charge in [-0.05, 0) is 37.1 Å². The molecule has 0 saturated carbocycles. The molecule has 1 aliphatic rings. The molecule has 0 atom stereocenters. The molecule has 3 heterocycles. The number of benzene rings is 1. The first-order chi connectivity index (χ1) is 17.4. The second-order valence-electron chi connectivity index (χ2n) is 8.25. The SMILES string of the molecule is CCCOC(=O)Nc1ccc(Nc2nc(N)n(-c3cc(N4CCCN(C(C)=O)CC4)ncn3)n2)cc1. The third kappa shape index (κ3) is 6.17. The van der Waals surface area contributed by atoms with E-state index in [0.29, 0.717) is 42.8 Å². The maximum Gasteiger partial charge on any atom is 0.411 e. The molecule has 1 fully saturated rings. The van der Waals surface area contributed by atoms with Crippen molar-refractivity contribution in [2.75, 3.05) is 54.1 Å². The minimum atomic E-state index is -0.494. The summed E-state index contributed by atoms with van der Waals surface area (Å²) in [5, 5.41) is 10.2. The molecule has 1 aliphatic heterocycles. The Bertz CT molecular complexity index is 1200. The van der Waals surface area contributed by atoms with Crippen LogP contribution in [0.2, 0.25) is 0 Å². The highest BCUT2D eigenvalue weighted by Gasteiger charge is 2.19. The molecule has 0 spiro atoms. The van der Waals surface area contributed by atoms with E-state index in [-0.39, 0.29) is 11.9 Å². The minimum absolute atomic E-state index is 0.0797. The summed E-state index contributed by atoms with van der Waals surface area (Å²) < 4.78 is 6.45. The number of rotatable bonds is 7. The van der Waals surface area contributed by atoms with Crippen molar-refractivity contribution in [3.05, 3.63) is 36.7 Å². The fourth-order valence-corrected chi connectivity index (χ4v) is 3.75. The molecule has 0 bridgehead atoms. The quantitative estimate of drug-likeness (QED) is 0.445. The fourth-order valence-electron chi connectivity index (χ4n) is 3.75. The van der Waals surface area contributed by atoms with Crippen molar-refractivity contribution < 1.29 is 14.3 Å². The van der Waals surface area contributed by atoms with Gasteiger partial charge in [0.25, 0.3) is 0 Å². The van der Waals surface area contributed by atoms with Gasteiger partial charge in [0.05, 0.1) is 6.61 Å². The van der Waals surface area contributed by atoms with Crippen molar-refractivity contribution in [3.63, 3.8) is 0 Å². The first-order valence-corrected chi connectivity index (χ1v) is 11.8. The van der Waals surface area contributed by atoms with Gasteiger partial charge >= 0.3 is 6.09 Å². The molecular formula is C23H30N10O3. The Labute approximate surface area is 208 Å². The van der Waals surface area contributed by atoms with Gasteiger partial charge in [0, 0.05) is 50.5 Å². The number of nitrogens with one attached hydrogen (secondary N) is 2. The van der Waals surface area contributed by atoms with Crippen LogP contribution in [-0.4, -0.2) is 74.4 Å². The van der Waals surface area contributed by atoms with Gasteiger partial charge in [-0.1, -0.05) is 6.92 Å². The highest BCUT2D eigenvalue weighted by Crippen LogP contribution is 2.21. The van der Waals surface area contributed by atoms with E-state index < -0.39 is 6.09 Å². The average molecular weight is 495 g/mol. The maximum atomic E-state index is 11.7. The van der Waals surface area contributed by atoms with Crippen molar-refractivity contribution in [1.29, 1.82) is 0 Å². The Balaban J connectivity index is 1.43. The van der Waals surface area contributed by atoms with E-state index in [2.05, 4.69) is 35.6 Å². The van der Waals surface area contributed by atoms with E-state index in [1.54, 1.807) is 37.3 Å². The minimum Gasteiger partial charge on any atom is -0.449 e. The second-order valence-corrected chi connectivity index (χ2v) is 8.25. The number of amides is 2. The molecule has 2 amide bonds. The van der Waals surface area contributed by atoms with Gasteiger partial charge in [-0.3, -0.25) is 10.1 Å². The normalized spacial score (nSPS) is 13.7. The van der Waals surface area contributed by atoms with Gasteiger partial charge in [0.2, 0.25) is 17.8 Å². The topological polar surface area (TPSA) is 156 Å². The Morgan fingerprint density at radius 3 is 2.56 bits per heavy atom. The van der Waals surface area contributed by atoms with Crippen molar-refractivity contribution in [2.45, 2.75) is 26.7 Å². The number of anilines is 5. The lowest BCUT2D eigenvalue weighted by molar-refractivity contribution is -0.128. The number of hydrogen-bond donors (Lipinski definition) is 3. The van der Waals surface area contributed by atoms with E-state index in [1.165, 1.54) is 11.0 Å². The van der Waals surface area contributed by atoms with E-state index in [9.17, 15) is 9.59 Å². The molecule has 4 N–H and O–H groups in total. The highest BCUT2D eigenvalue weighted by molar-refractivity contribution is 5.84. The summed E-state index contributed by atoms with van der Waals surface area (Å²) in [5.74, 6) is 1.75. The zero-order chi connectivity index (χ0) is 25.5. The predicted octanol–water partition coefficient (Wildman–Crippen LogP) is 2.40. The van der Waals surface area contributed by atoms with Crippen LogP contribution in [-0.2, 0) is 9.53 Å². The molecule has 0 unspecified atom stereocenters. The number of ether oxygens (including phenoxy) is 1. The van der Waals surface area contributed by atoms with E-state index >= 15 is 0 Å². The number of nitrogens with zero attached hydrogens (tertiary/aromatic N) is 7. The fraction of sp³-hybridized carbons (Fsp3) is 0.391. The maximum absolute atomic E-state index is 11.7. The van der Waals surface area contributed by atoms with Crippen molar-refractivity contribution >= 4 is 41.1 Å². The Morgan fingerprint density at radius 2 is 1.81 bits per heavy atom. The molecule has 13 nitrogen and oxygen atoms in total. The van der Waals surface area contributed by atoms with Gasteiger partial charge in [-0.15, -0.1) is 5.10 Å². The smallest absolute Gasteiger partial charge is 0.411 e. The summed E-state index contributed by atoms with van der Waals surface area (Å²) in [6, 6.07) is 8.83. The number of aromatic nitrogens is 5. The van der Waals surface area contributed by atoms with Crippen LogP contribution in [0.5, 0.6) is 0 Å². The molecular weight excluding hydrogens is 464 g/mol. The van der Waals surface area contributed by atoms with Gasteiger partial charge in [-0.25, -0.2) is 14.8 Å². The van der Waals surface area contributed by atoms with Gasteiger partial charge in [-0.2, -0.15) is 9.67 Å². The van der Waals surface area contributed by atoms with Crippen LogP contribution in [0.15, 0.2) is 36.7 Å². The van der Waals surface area contributed by atoms with Gasteiger partial charge < -0.3 is 25.6 Å². The zero-order valence-corrected chi connectivity index (χ0v) is 20.3. The lowest BCUT2D eigenvalue weighted by atomic mass is 10.3. The molecule has 4 rings (SSSR count). The van der Waals surface area contributed by atoms with Crippen molar-refractivity contribution in [3.8, 4) is 5.82 Å². The Kier molecular flexibility index (Phi) is 7.78.